The van der Waals surface area contributed by atoms with Crippen LogP contribution in [0.3, 0.4) is 0 Å². The minimum Gasteiger partial charge on any atom is -0.305 e. The highest BCUT2D eigenvalue weighted by molar-refractivity contribution is 7.16. The van der Waals surface area contributed by atoms with Crippen LogP contribution >= 0.6 is 22.9 Å². The van der Waals surface area contributed by atoms with Crippen LogP contribution in [-0.4, -0.2) is 14.6 Å². The largest absolute Gasteiger partial charge is 0.305 e. The van der Waals surface area contributed by atoms with Crippen molar-refractivity contribution >= 4 is 27.9 Å². The van der Waals surface area contributed by atoms with E-state index in [1.807, 2.05) is 31.2 Å². The molecule has 2 aromatic heterocycles. The zero-order valence-electron chi connectivity index (χ0n) is 12.9. The predicted octanol–water partition coefficient (Wildman–Crippen LogP) is 3.22. The molecule has 0 bridgehead atoms. The molecule has 7 heteroatoms. The fourth-order valence-corrected chi connectivity index (χ4v) is 3.24. The molecule has 0 radical (unpaired) electrons. The van der Waals surface area contributed by atoms with Crippen molar-refractivity contribution in [3.8, 4) is 0 Å². The van der Waals surface area contributed by atoms with Crippen molar-refractivity contribution in [3.05, 3.63) is 62.0 Å². The number of hydrogen-bond acceptors (Lipinski definition) is 5. The minimum absolute atomic E-state index is 0.137. The Hall–Kier alpha value is -1.76. The molecule has 0 aliphatic rings. The van der Waals surface area contributed by atoms with E-state index in [-0.39, 0.29) is 11.6 Å². The molecule has 0 aliphatic heterocycles. The first-order chi connectivity index (χ1) is 11.1. The van der Waals surface area contributed by atoms with Crippen LogP contribution in [0, 0.1) is 0 Å². The molecule has 0 unspecified atom stereocenters. The highest BCUT2D eigenvalue weighted by Gasteiger charge is 2.10. The van der Waals surface area contributed by atoms with Crippen LogP contribution in [0.2, 0.25) is 5.02 Å². The van der Waals surface area contributed by atoms with Gasteiger partial charge in [-0.3, -0.25) is 4.79 Å². The van der Waals surface area contributed by atoms with Crippen molar-refractivity contribution in [1.82, 2.24) is 19.9 Å². The number of halogens is 1. The number of nitrogens with zero attached hydrogens (tertiary/aromatic N) is 3. The number of rotatable bonds is 5. The molecular formula is C16H17ClN4OS. The fourth-order valence-electron chi connectivity index (χ4n) is 2.26. The third-order valence-electron chi connectivity index (χ3n) is 3.60. The fraction of sp³-hybridized carbons (Fsp3) is 0.312. The molecule has 3 rings (SSSR count). The van der Waals surface area contributed by atoms with E-state index in [9.17, 15) is 4.79 Å². The maximum Gasteiger partial charge on any atom is 0.275 e. The van der Waals surface area contributed by atoms with Crippen molar-refractivity contribution in [2.45, 2.75) is 32.9 Å². The summed E-state index contributed by atoms with van der Waals surface area (Å²) < 4.78 is 1.37. The summed E-state index contributed by atoms with van der Waals surface area (Å²) in [6.45, 7) is 4.60. The van der Waals surface area contributed by atoms with E-state index >= 15 is 0 Å². The first kappa shape index (κ1) is 16.1. The number of benzene rings is 1. The monoisotopic (exact) mass is 348 g/mol. The first-order valence-corrected chi connectivity index (χ1v) is 8.64. The van der Waals surface area contributed by atoms with Gasteiger partial charge >= 0.3 is 0 Å². The van der Waals surface area contributed by atoms with Crippen LogP contribution in [0.4, 0.5) is 0 Å². The van der Waals surface area contributed by atoms with Crippen molar-refractivity contribution in [3.63, 3.8) is 0 Å². The molecule has 23 heavy (non-hydrogen) atoms. The molecular weight excluding hydrogens is 332 g/mol. The van der Waals surface area contributed by atoms with E-state index in [4.69, 9.17) is 11.6 Å². The molecule has 0 spiro atoms. The Labute approximate surface area is 143 Å². The summed E-state index contributed by atoms with van der Waals surface area (Å²) in [6.07, 6.45) is 0.800. The van der Waals surface area contributed by atoms with Crippen LogP contribution in [-0.2, 0) is 13.0 Å². The summed E-state index contributed by atoms with van der Waals surface area (Å²) in [5, 5.41) is 9.26. The molecule has 2 heterocycles. The lowest BCUT2D eigenvalue weighted by atomic mass is 10.1. The predicted molar refractivity (Wildman–Crippen MR) is 93.2 cm³/mol. The van der Waals surface area contributed by atoms with Crippen LogP contribution < -0.4 is 10.9 Å². The van der Waals surface area contributed by atoms with Gasteiger partial charge in [-0.25, -0.2) is 4.98 Å². The zero-order chi connectivity index (χ0) is 16.4. The maximum absolute atomic E-state index is 12.1. The van der Waals surface area contributed by atoms with Crippen molar-refractivity contribution < 1.29 is 0 Å². The van der Waals surface area contributed by atoms with Crippen molar-refractivity contribution in [1.29, 1.82) is 0 Å². The average molecular weight is 349 g/mol. The van der Waals surface area contributed by atoms with Gasteiger partial charge in [-0.15, -0.1) is 0 Å². The Bertz CT molecular complexity index is 872. The molecule has 0 saturated heterocycles. The number of hydrogen-bond donors (Lipinski definition) is 1. The Balaban J connectivity index is 1.76. The summed E-state index contributed by atoms with van der Waals surface area (Å²) in [4.78, 5) is 17.3. The summed E-state index contributed by atoms with van der Waals surface area (Å²) in [7, 11) is 0. The average Bonchev–Trinajstić information content (AvgIpc) is 2.97. The summed E-state index contributed by atoms with van der Waals surface area (Å²) in [5.41, 5.74) is 1.72. The standard InChI is InChI=1S/C16H17ClN4OS/c1-3-14-20-21-15(22)8-13(19-16(21)23-14)9-18-10(2)11-4-6-12(17)7-5-11/h4-8,10,18H,3,9H2,1-2H3/t10-/m1/s1. The van der Waals surface area contributed by atoms with Gasteiger partial charge in [0.15, 0.2) is 0 Å². The van der Waals surface area contributed by atoms with E-state index < -0.39 is 0 Å². The topological polar surface area (TPSA) is 59.3 Å². The summed E-state index contributed by atoms with van der Waals surface area (Å²) >= 11 is 7.36. The van der Waals surface area contributed by atoms with Crippen molar-refractivity contribution in [2.24, 2.45) is 0 Å². The molecule has 1 N–H and O–H groups in total. The quantitative estimate of drug-likeness (QED) is 0.769. The lowest BCUT2D eigenvalue weighted by Crippen LogP contribution is -2.22. The number of aromatic nitrogens is 3. The Morgan fingerprint density at radius 2 is 2.09 bits per heavy atom. The lowest BCUT2D eigenvalue weighted by molar-refractivity contribution is 0.567. The first-order valence-electron chi connectivity index (χ1n) is 7.44. The Morgan fingerprint density at radius 1 is 1.35 bits per heavy atom. The molecule has 0 aliphatic carbocycles. The summed E-state index contributed by atoms with van der Waals surface area (Å²) in [6, 6.07) is 9.39. The second kappa shape index (κ2) is 6.78. The molecule has 1 aromatic carbocycles. The number of fused-ring (bicyclic) bond motifs is 1. The van der Waals surface area contributed by atoms with Gasteiger partial charge in [-0.2, -0.15) is 9.61 Å². The SMILES string of the molecule is CCc1nn2c(=O)cc(CN[C@H](C)c3ccc(Cl)cc3)nc2s1. The van der Waals surface area contributed by atoms with Gasteiger partial charge in [0.1, 0.15) is 5.01 Å². The third-order valence-corrected chi connectivity index (χ3v) is 4.91. The maximum atomic E-state index is 12.1. The normalized spacial score (nSPS) is 12.7. The smallest absolute Gasteiger partial charge is 0.275 e. The van der Waals surface area contributed by atoms with Crippen molar-refractivity contribution in [2.75, 3.05) is 0 Å². The Morgan fingerprint density at radius 3 is 2.78 bits per heavy atom. The molecule has 1 atom stereocenters. The highest BCUT2D eigenvalue weighted by atomic mass is 35.5. The summed E-state index contributed by atoms with van der Waals surface area (Å²) in [5.74, 6) is 0. The van der Waals surface area contributed by atoms with Gasteiger partial charge in [0, 0.05) is 23.7 Å². The molecule has 0 amide bonds. The van der Waals surface area contributed by atoms with Gasteiger partial charge in [0.05, 0.1) is 5.69 Å². The van der Waals surface area contributed by atoms with Gasteiger partial charge in [0.2, 0.25) is 4.96 Å². The van der Waals surface area contributed by atoms with Crippen LogP contribution in [0.25, 0.3) is 4.96 Å². The van der Waals surface area contributed by atoms with E-state index in [0.717, 1.165) is 27.7 Å². The third kappa shape index (κ3) is 3.60. The Kier molecular flexibility index (Phi) is 4.75. The van der Waals surface area contributed by atoms with E-state index in [1.54, 1.807) is 0 Å². The van der Waals surface area contributed by atoms with Crippen LogP contribution in [0.1, 0.15) is 36.2 Å². The van der Waals surface area contributed by atoms with Gasteiger partial charge in [-0.1, -0.05) is 42.0 Å². The minimum atomic E-state index is -0.137. The van der Waals surface area contributed by atoms with Crippen LogP contribution in [0.15, 0.2) is 35.1 Å². The second-order valence-corrected chi connectivity index (χ2v) is 6.76. The highest BCUT2D eigenvalue weighted by Crippen LogP contribution is 2.17. The van der Waals surface area contributed by atoms with E-state index in [1.165, 1.54) is 21.9 Å². The second-order valence-electron chi connectivity index (χ2n) is 5.28. The number of aryl methyl sites for hydroxylation is 1. The number of nitrogens with one attached hydrogen (secondary N) is 1. The molecule has 0 saturated carbocycles. The van der Waals surface area contributed by atoms with Gasteiger partial charge in [-0.05, 0) is 31.0 Å². The van der Waals surface area contributed by atoms with E-state index in [0.29, 0.717) is 11.5 Å². The van der Waals surface area contributed by atoms with Crippen LogP contribution in [0.5, 0.6) is 0 Å². The molecule has 0 fully saturated rings. The lowest BCUT2D eigenvalue weighted by Gasteiger charge is -2.13. The van der Waals surface area contributed by atoms with E-state index in [2.05, 4.69) is 22.3 Å². The van der Waals surface area contributed by atoms with Gasteiger partial charge in [0.25, 0.3) is 5.56 Å². The molecule has 120 valence electrons. The zero-order valence-corrected chi connectivity index (χ0v) is 14.5. The van der Waals surface area contributed by atoms with Gasteiger partial charge < -0.3 is 5.32 Å². The molecule has 5 nitrogen and oxygen atoms in total. The molecule has 3 aromatic rings.